The molecule has 0 unspecified atom stereocenters. The maximum Gasteiger partial charge on any atom is 0.309 e. The van der Waals surface area contributed by atoms with Gasteiger partial charge in [-0.3, -0.25) is 4.79 Å². The zero-order chi connectivity index (χ0) is 24.3. The molecule has 0 bridgehead atoms. The zero-order valence-electron chi connectivity index (χ0n) is 19.7. The fraction of sp³-hybridized carbons (Fsp3) is 0.385. The molecule has 3 aromatic rings. The molecule has 0 spiro atoms. The summed E-state index contributed by atoms with van der Waals surface area (Å²) in [6.45, 7) is 6.53. The summed E-state index contributed by atoms with van der Waals surface area (Å²) in [5.41, 5.74) is 2.53. The molecule has 7 nitrogen and oxygen atoms in total. The molecule has 180 valence electrons. The van der Waals surface area contributed by atoms with Crippen LogP contribution < -0.4 is 0 Å². The predicted molar refractivity (Wildman–Crippen MR) is 128 cm³/mol. The molecule has 0 atom stereocenters. The normalized spacial score (nSPS) is 15.5. The van der Waals surface area contributed by atoms with Gasteiger partial charge < -0.3 is 9.15 Å². The van der Waals surface area contributed by atoms with Crippen LogP contribution in [-0.2, 0) is 26.2 Å². The van der Waals surface area contributed by atoms with Crippen molar-refractivity contribution in [3.05, 3.63) is 71.6 Å². The summed E-state index contributed by atoms with van der Waals surface area (Å²) in [5.74, 6) is 0.766. The number of aromatic nitrogens is 1. The molecule has 1 aliphatic rings. The second-order valence-electron chi connectivity index (χ2n) is 8.90. The van der Waals surface area contributed by atoms with E-state index in [1.807, 2.05) is 42.5 Å². The Morgan fingerprint density at radius 2 is 1.74 bits per heavy atom. The molecule has 1 fully saturated rings. The number of hydrogen-bond acceptors (Lipinski definition) is 6. The van der Waals surface area contributed by atoms with Gasteiger partial charge in [-0.15, -0.1) is 0 Å². The van der Waals surface area contributed by atoms with Crippen molar-refractivity contribution in [2.24, 2.45) is 5.92 Å². The van der Waals surface area contributed by atoms with Gasteiger partial charge in [-0.1, -0.05) is 44.2 Å². The molecule has 2 heterocycles. The van der Waals surface area contributed by atoms with Crippen LogP contribution >= 0.6 is 0 Å². The van der Waals surface area contributed by atoms with Crippen LogP contribution in [0.4, 0.5) is 0 Å². The minimum absolute atomic E-state index is 0.0295. The Kier molecular flexibility index (Phi) is 7.19. The van der Waals surface area contributed by atoms with Crippen molar-refractivity contribution in [3.63, 3.8) is 0 Å². The first-order valence-electron chi connectivity index (χ1n) is 11.5. The largest absolute Gasteiger partial charge is 0.459 e. The lowest BCUT2D eigenvalue weighted by molar-refractivity contribution is -0.151. The second kappa shape index (κ2) is 10.1. The number of sulfonamides is 1. The average molecular weight is 483 g/mol. The highest BCUT2D eigenvalue weighted by molar-refractivity contribution is 7.89. The van der Waals surface area contributed by atoms with Crippen molar-refractivity contribution in [1.29, 1.82) is 0 Å². The molecule has 1 aromatic heterocycles. The van der Waals surface area contributed by atoms with E-state index in [-0.39, 0.29) is 36.5 Å². The molecule has 8 heteroatoms. The van der Waals surface area contributed by atoms with Crippen molar-refractivity contribution in [2.75, 3.05) is 13.1 Å². The first-order chi connectivity index (χ1) is 16.3. The number of nitrogens with zero attached hydrogens (tertiary/aromatic N) is 2. The van der Waals surface area contributed by atoms with Gasteiger partial charge in [0.15, 0.2) is 0 Å². The van der Waals surface area contributed by atoms with Crippen molar-refractivity contribution >= 4 is 16.0 Å². The number of benzene rings is 2. The van der Waals surface area contributed by atoms with Crippen LogP contribution in [0.3, 0.4) is 0 Å². The summed E-state index contributed by atoms with van der Waals surface area (Å²) < 4.78 is 38.7. The second-order valence-corrected chi connectivity index (χ2v) is 10.8. The van der Waals surface area contributed by atoms with Gasteiger partial charge in [0, 0.05) is 18.7 Å². The van der Waals surface area contributed by atoms with E-state index in [4.69, 9.17) is 9.15 Å². The Bertz CT molecular complexity index is 1230. The quantitative estimate of drug-likeness (QED) is 0.444. The number of aryl methyl sites for hydroxylation is 1. The van der Waals surface area contributed by atoms with Crippen LogP contribution in [0.15, 0.2) is 63.9 Å². The number of esters is 1. The highest BCUT2D eigenvalue weighted by Gasteiger charge is 2.33. The van der Waals surface area contributed by atoms with Gasteiger partial charge in [-0.2, -0.15) is 4.31 Å². The van der Waals surface area contributed by atoms with Crippen molar-refractivity contribution < 1.29 is 22.4 Å². The Labute approximate surface area is 200 Å². The van der Waals surface area contributed by atoms with E-state index in [0.29, 0.717) is 36.1 Å². The summed E-state index contributed by atoms with van der Waals surface area (Å²) in [6, 6.07) is 16.6. The highest BCUT2D eigenvalue weighted by atomic mass is 32.2. The third kappa shape index (κ3) is 5.23. The zero-order valence-corrected chi connectivity index (χ0v) is 20.5. The molecule has 2 aromatic carbocycles. The molecule has 0 aliphatic carbocycles. The van der Waals surface area contributed by atoms with Gasteiger partial charge in [-0.25, -0.2) is 13.4 Å². The molecule has 34 heavy (non-hydrogen) atoms. The molecule has 0 N–H and O–H groups in total. The molecular formula is C26H30N2O5S. The Morgan fingerprint density at radius 3 is 2.35 bits per heavy atom. The fourth-order valence-corrected chi connectivity index (χ4v) is 5.50. The summed E-state index contributed by atoms with van der Waals surface area (Å²) in [5, 5.41) is 0. The van der Waals surface area contributed by atoms with E-state index in [2.05, 4.69) is 18.8 Å². The van der Waals surface area contributed by atoms with Gasteiger partial charge in [-0.05, 0) is 55.5 Å². The van der Waals surface area contributed by atoms with E-state index in [1.54, 1.807) is 19.1 Å². The summed E-state index contributed by atoms with van der Waals surface area (Å²) in [4.78, 5) is 17.4. The Morgan fingerprint density at radius 1 is 1.09 bits per heavy atom. The monoisotopic (exact) mass is 482 g/mol. The van der Waals surface area contributed by atoms with Gasteiger partial charge in [0.2, 0.25) is 15.9 Å². The standard InChI is InChI=1S/C26H30N2O5S/c1-18(2)20-9-11-23(12-10-20)34(30,31)28-15-13-22(14-16-28)26(29)32-17-24-19(3)33-25(27-24)21-7-5-4-6-8-21/h4-12,18,22H,13-17H2,1-3H3. The maximum absolute atomic E-state index is 13.0. The lowest BCUT2D eigenvalue weighted by Gasteiger charge is -2.30. The molecule has 0 amide bonds. The van der Waals surface area contributed by atoms with E-state index in [9.17, 15) is 13.2 Å². The topological polar surface area (TPSA) is 89.7 Å². The van der Waals surface area contributed by atoms with Gasteiger partial charge in [0.25, 0.3) is 0 Å². The van der Waals surface area contributed by atoms with Gasteiger partial charge >= 0.3 is 5.97 Å². The molecule has 1 saturated heterocycles. The lowest BCUT2D eigenvalue weighted by atomic mass is 9.98. The van der Waals surface area contributed by atoms with Crippen LogP contribution in [0, 0.1) is 12.8 Å². The van der Waals surface area contributed by atoms with Gasteiger partial charge in [0.1, 0.15) is 18.1 Å². The number of rotatable bonds is 7. The predicted octanol–water partition coefficient (Wildman–Crippen LogP) is 4.92. The Balaban J connectivity index is 1.32. The van der Waals surface area contributed by atoms with Crippen LogP contribution in [-0.4, -0.2) is 36.8 Å². The van der Waals surface area contributed by atoms with Crippen LogP contribution in [0.1, 0.15) is 49.6 Å². The number of carbonyl (C=O) groups is 1. The lowest BCUT2D eigenvalue weighted by Crippen LogP contribution is -2.40. The van der Waals surface area contributed by atoms with Crippen LogP contribution in [0.2, 0.25) is 0 Å². The molecule has 1 aliphatic heterocycles. The summed E-state index contributed by atoms with van der Waals surface area (Å²) >= 11 is 0. The molecule has 0 saturated carbocycles. The number of ether oxygens (including phenoxy) is 1. The minimum Gasteiger partial charge on any atom is -0.459 e. The molecular weight excluding hydrogens is 452 g/mol. The number of piperidine rings is 1. The smallest absolute Gasteiger partial charge is 0.309 e. The first-order valence-corrected chi connectivity index (χ1v) is 13.0. The van der Waals surface area contributed by atoms with Crippen molar-refractivity contribution in [2.45, 2.75) is 51.0 Å². The third-order valence-electron chi connectivity index (χ3n) is 6.24. The maximum atomic E-state index is 13.0. The molecule has 4 rings (SSSR count). The SMILES string of the molecule is Cc1oc(-c2ccccc2)nc1COC(=O)C1CCN(S(=O)(=O)c2ccc(C(C)C)cc2)CC1. The molecule has 0 radical (unpaired) electrons. The van der Waals surface area contributed by atoms with E-state index in [1.165, 1.54) is 4.31 Å². The third-order valence-corrected chi connectivity index (χ3v) is 8.15. The Hall–Kier alpha value is -2.97. The number of carbonyl (C=O) groups excluding carboxylic acids is 1. The number of oxazole rings is 1. The van der Waals surface area contributed by atoms with Crippen molar-refractivity contribution in [1.82, 2.24) is 9.29 Å². The number of hydrogen-bond donors (Lipinski definition) is 0. The highest BCUT2D eigenvalue weighted by Crippen LogP contribution is 2.27. The van der Waals surface area contributed by atoms with Crippen molar-refractivity contribution in [3.8, 4) is 11.5 Å². The van der Waals surface area contributed by atoms with Crippen LogP contribution in [0.25, 0.3) is 11.5 Å². The average Bonchev–Trinajstić information content (AvgIpc) is 3.23. The summed E-state index contributed by atoms with van der Waals surface area (Å²) in [7, 11) is -3.58. The van der Waals surface area contributed by atoms with E-state index in [0.717, 1.165) is 11.1 Å². The van der Waals surface area contributed by atoms with Crippen LogP contribution in [0.5, 0.6) is 0 Å². The van der Waals surface area contributed by atoms with E-state index < -0.39 is 10.0 Å². The summed E-state index contributed by atoms with van der Waals surface area (Å²) in [6.07, 6.45) is 0.852. The minimum atomic E-state index is -3.58. The van der Waals surface area contributed by atoms with E-state index >= 15 is 0 Å². The first kappa shape index (κ1) is 24.2. The fourth-order valence-electron chi connectivity index (χ4n) is 4.03. The van der Waals surface area contributed by atoms with Gasteiger partial charge in [0.05, 0.1) is 10.8 Å².